The number of aliphatic hydroxyl groups is 2. The predicted molar refractivity (Wildman–Crippen MR) is 127 cm³/mol. The van der Waals surface area contributed by atoms with Crippen molar-refractivity contribution in [3.63, 3.8) is 0 Å². The minimum Gasteiger partial charge on any atom is -0.481 e. The van der Waals surface area contributed by atoms with E-state index in [9.17, 15) is 19.4 Å². The van der Waals surface area contributed by atoms with Crippen molar-refractivity contribution in [2.24, 2.45) is 0 Å². The molecule has 0 spiro atoms. The summed E-state index contributed by atoms with van der Waals surface area (Å²) in [4.78, 5) is 10.8. The van der Waals surface area contributed by atoms with E-state index < -0.39 is 24.6 Å². The number of aliphatic carboxylic acids is 1. The third-order valence-corrected chi connectivity index (χ3v) is 5.93. The summed E-state index contributed by atoms with van der Waals surface area (Å²) in [7, 11) is 0. The molecule has 2 atom stereocenters. The first-order chi connectivity index (χ1) is 15.7. The molecular formula is C27H32FNO4. The molecule has 0 aliphatic rings. The van der Waals surface area contributed by atoms with Gasteiger partial charge in [-0.2, -0.15) is 0 Å². The van der Waals surface area contributed by atoms with E-state index in [4.69, 9.17) is 5.11 Å². The second-order valence-electron chi connectivity index (χ2n) is 8.84. The third kappa shape index (κ3) is 5.89. The lowest BCUT2D eigenvalue weighted by Gasteiger charge is -2.18. The Morgan fingerprint density at radius 1 is 1.00 bits per heavy atom. The maximum absolute atomic E-state index is 13.6. The van der Waals surface area contributed by atoms with E-state index in [1.54, 1.807) is 12.1 Å². The number of benzene rings is 2. The van der Waals surface area contributed by atoms with Gasteiger partial charge in [0.25, 0.3) is 0 Å². The minimum absolute atomic E-state index is 0.00751. The second-order valence-corrected chi connectivity index (χ2v) is 8.84. The lowest BCUT2D eigenvalue weighted by Crippen LogP contribution is -2.21. The van der Waals surface area contributed by atoms with Gasteiger partial charge >= 0.3 is 5.97 Å². The summed E-state index contributed by atoms with van der Waals surface area (Å²) in [6.45, 7) is 6.30. The molecule has 0 radical (unpaired) electrons. The van der Waals surface area contributed by atoms with Crippen LogP contribution in [-0.2, 0) is 11.2 Å². The Kier molecular flexibility index (Phi) is 8.06. The highest BCUT2D eigenvalue weighted by Crippen LogP contribution is 2.39. The van der Waals surface area contributed by atoms with Crippen LogP contribution in [0.4, 0.5) is 4.39 Å². The Labute approximate surface area is 194 Å². The molecule has 0 aliphatic heterocycles. The molecule has 0 amide bonds. The predicted octanol–water partition coefficient (Wildman–Crippen LogP) is 5.23. The van der Waals surface area contributed by atoms with Gasteiger partial charge in [-0.1, -0.05) is 44.2 Å². The molecular weight excluding hydrogens is 421 g/mol. The van der Waals surface area contributed by atoms with Crippen LogP contribution >= 0.6 is 0 Å². The first-order valence-electron chi connectivity index (χ1n) is 11.3. The maximum Gasteiger partial charge on any atom is 0.305 e. The van der Waals surface area contributed by atoms with Crippen LogP contribution in [0.25, 0.3) is 16.8 Å². The van der Waals surface area contributed by atoms with Crippen LogP contribution in [0.5, 0.6) is 0 Å². The number of hydrogen-bond donors (Lipinski definition) is 3. The Balaban J connectivity index is 2.04. The number of carboxylic acids is 1. The molecule has 0 unspecified atom stereocenters. The third-order valence-electron chi connectivity index (χ3n) is 5.93. The van der Waals surface area contributed by atoms with Crippen molar-refractivity contribution in [2.75, 3.05) is 0 Å². The normalized spacial score (nSPS) is 13.3. The van der Waals surface area contributed by atoms with Gasteiger partial charge in [0.15, 0.2) is 0 Å². The molecule has 1 heterocycles. The number of carboxylic acid groups (broad SMARTS) is 1. The van der Waals surface area contributed by atoms with Crippen molar-refractivity contribution in [3.05, 3.63) is 77.4 Å². The first kappa shape index (κ1) is 24.7. The summed E-state index contributed by atoms with van der Waals surface area (Å²) in [6, 6.07) is 16.5. The molecule has 0 fully saturated rings. The lowest BCUT2D eigenvalue weighted by atomic mass is 9.92. The molecule has 2 aromatic carbocycles. The standard InChI is InChI=1S/C27H32FNO4/c1-17(2)27-24(14-13-22(30)15-23(31)16-25(32)33)26(19-9-11-20(28)12-10-19)18(3)29(27)21-7-5-4-6-8-21/h4-12,17,22-23,30-31H,13-16H2,1-3H3,(H,32,33)/t22-,23+/m0/s1. The van der Waals surface area contributed by atoms with Crippen LogP contribution in [0, 0.1) is 12.7 Å². The van der Waals surface area contributed by atoms with Crippen molar-refractivity contribution < 1.29 is 24.5 Å². The molecule has 176 valence electrons. The highest BCUT2D eigenvalue weighted by molar-refractivity contribution is 5.73. The van der Waals surface area contributed by atoms with Gasteiger partial charge in [0, 0.05) is 22.6 Å². The first-order valence-corrected chi connectivity index (χ1v) is 11.3. The van der Waals surface area contributed by atoms with Gasteiger partial charge in [0.1, 0.15) is 5.82 Å². The van der Waals surface area contributed by atoms with E-state index in [-0.39, 0.29) is 18.2 Å². The van der Waals surface area contributed by atoms with Crippen LogP contribution in [0.3, 0.4) is 0 Å². The molecule has 5 nitrogen and oxygen atoms in total. The number of para-hydroxylation sites is 1. The average molecular weight is 454 g/mol. The number of rotatable bonds is 10. The highest BCUT2D eigenvalue weighted by atomic mass is 19.1. The fourth-order valence-electron chi connectivity index (χ4n) is 4.57. The van der Waals surface area contributed by atoms with Gasteiger partial charge in [0.2, 0.25) is 0 Å². The molecule has 3 aromatic rings. The molecule has 0 aliphatic carbocycles. The van der Waals surface area contributed by atoms with Crippen molar-refractivity contribution in [1.29, 1.82) is 0 Å². The van der Waals surface area contributed by atoms with Crippen molar-refractivity contribution in [2.45, 2.75) is 64.6 Å². The molecule has 0 saturated carbocycles. The Bertz CT molecular complexity index is 1070. The minimum atomic E-state index is -1.09. The number of halogens is 1. The summed E-state index contributed by atoms with van der Waals surface area (Å²) in [6.07, 6.45) is -1.38. The lowest BCUT2D eigenvalue weighted by molar-refractivity contribution is -0.139. The fraction of sp³-hybridized carbons (Fsp3) is 0.370. The van der Waals surface area contributed by atoms with E-state index in [0.29, 0.717) is 12.8 Å². The zero-order valence-corrected chi connectivity index (χ0v) is 19.3. The summed E-state index contributed by atoms with van der Waals surface area (Å²) in [5.41, 5.74) is 6.18. The fourth-order valence-corrected chi connectivity index (χ4v) is 4.57. The zero-order valence-electron chi connectivity index (χ0n) is 19.3. The SMILES string of the molecule is Cc1c(-c2ccc(F)cc2)c(CC[C@H](O)C[C@@H](O)CC(=O)O)c(C(C)C)n1-c1ccccc1. The van der Waals surface area contributed by atoms with Gasteiger partial charge < -0.3 is 19.9 Å². The van der Waals surface area contributed by atoms with Crippen LogP contribution < -0.4 is 0 Å². The topological polar surface area (TPSA) is 82.7 Å². The van der Waals surface area contributed by atoms with E-state index in [1.807, 2.05) is 37.3 Å². The van der Waals surface area contributed by atoms with Gasteiger partial charge in [-0.3, -0.25) is 4.79 Å². The van der Waals surface area contributed by atoms with Gasteiger partial charge in [-0.15, -0.1) is 0 Å². The van der Waals surface area contributed by atoms with E-state index in [2.05, 4.69) is 18.4 Å². The molecule has 3 N–H and O–H groups in total. The summed E-state index contributed by atoms with van der Waals surface area (Å²) in [5.74, 6) is -1.21. The number of carbonyl (C=O) groups is 1. The number of aliphatic hydroxyl groups excluding tert-OH is 2. The average Bonchev–Trinajstić information content (AvgIpc) is 3.05. The monoisotopic (exact) mass is 453 g/mol. The van der Waals surface area contributed by atoms with Crippen LogP contribution in [-0.4, -0.2) is 38.1 Å². The zero-order chi connectivity index (χ0) is 24.1. The number of aromatic nitrogens is 1. The van der Waals surface area contributed by atoms with Crippen molar-refractivity contribution in [1.82, 2.24) is 4.57 Å². The molecule has 3 rings (SSSR count). The molecule has 0 saturated heterocycles. The van der Waals surface area contributed by atoms with Gasteiger partial charge in [-0.05, 0) is 67.5 Å². The van der Waals surface area contributed by atoms with E-state index in [0.717, 1.165) is 33.8 Å². The smallest absolute Gasteiger partial charge is 0.305 e. The second kappa shape index (κ2) is 10.8. The quantitative estimate of drug-likeness (QED) is 0.392. The van der Waals surface area contributed by atoms with Crippen LogP contribution in [0.2, 0.25) is 0 Å². The van der Waals surface area contributed by atoms with Crippen LogP contribution in [0.15, 0.2) is 54.6 Å². The van der Waals surface area contributed by atoms with Gasteiger partial charge in [-0.25, -0.2) is 4.39 Å². The van der Waals surface area contributed by atoms with E-state index in [1.165, 1.54) is 12.1 Å². The number of hydrogen-bond acceptors (Lipinski definition) is 3. The summed E-state index contributed by atoms with van der Waals surface area (Å²) in [5, 5.41) is 29.3. The largest absolute Gasteiger partial charge is 0.481 e. The molecule has 33 heavy (non-hydrogen) atoms. The highest BCUT2D eigenvalue weighted by Gasteiger charge is 2.25. The molecule has 6 heteroatoms. The summed E-state index contributed by atoms with van der Waals surface area (Å²) < 4.78 is 15.9. The Hall–Kier alpha value is -2.96. The van der Waals surface area contributed by atoms with Crippen molar-refractivity contribution in [3.8, 4) is 16.8 Å². The molecule has 1 aromatic heterocycles. The van der Waals surface area contributed by atoms with Crippen molar-refractivity contribution >= 4 is 5.97 Å². The molecule has 0 bridgehead atoms. The van der Waals surface area contributed by atoms with Gasteiger partial charge in [0.05, 0.1) is 18.6 Å². The Morgan fingerprint density at radius 2 is 1.64 bits per heavy atom. The summed E-state index contributed by atoms with van der Waals surface area (Å²) >= 11 is 0. The van der Waals surface area contributed by atoms with E-state index >= 15 is 0 Å². The Morgan fingerprint density at radius 3 is 2.21 bits per heavy atom. The maximum atomic E-state index is 13.6. The number of nitrogens with zero attached hydrogens (tertiary/aromatic N) is 1. The van der Waals surface area contributed by atoms with Crippen LogP contribution in [0.1, 0.15) is 56.0 Å².